The summed E-state index contributed by atoms with van der Waals surface area (Å²) in [7, 11) is 0. The molecular formula is C15H26N2S. The van der Waals surface area contributed by atoms with Gasteiger partial charge in [-0.05, 0) is 55.8 Å². The summed E-state index contributed by atoms with van der Waals surface area (Å²) in [4.78, 5) is 4.18. The molecule has 0 spiro atoms. The number of hydrogen-bond donors (Lipinski definition) is 1. The van der Waals surface area contributed by atoms with E-state index in [0.717, 1.165) is 12.5 Å². The molecule has 1 atom stereocenters. The number of piperidine rings is 1. The van der Waals surface area contributed by atoms with Crippen molar-refractivity contribution in [2.45, 2.75) is 46.2 Å². The highest BCUT2D eigenvalue weighted by molar-refractivity contribution is 7.10. The van der Waals surface area contributed by atoms with Crippen LogP contribution in [-0.4, -0.2) is 30.6 Å². The van der Waals surface area contributed by atoms with Crippen molar-refractivity contribution in [3.63, 3.8) is 0 Å². The van der Waals surface area contributed by atoms with Crippen molar-refractivity contribution in [2.24, 2.45) is 5.92 Å². The molecule has 1 aromatic heterocycles. The molecule has 102 valence electrons. The molecule has 0 saturated carbocycles. The molecule has 2 rings (SSSR count). The molecule has 1 aliphatic rings. The van der Waals surface area contributed by atoms with E-state index in [1.807, 2.05) is 11.3 Å². The standard InChI is InChI=1S/C15H26N2S/c1-12(2)16-9-14-5-4-7-17(10-14)11-15-13(3)6-8-18-15/h6,8,12,14,16H,4-5,7,9-11H2,1-3H3. The smallest absolute Gasteiger partial charge is 0.0330 e. The largest absolute Gasteiger partial charge is 0.314 e. The Labute approximate surface area is 115 Å². The molecule has 0 aromatic carbocycles. The minimum Gasteiger partial charge on any atom is -0.314 e. The summed E-state index contributed by atoms with van der Waals surface area (Å²) in [6.45, 7) is 11.6. The molecule has 2 nitrogen and oxygen atoms in total. The fraction of sp³-hybridized carbons (Fsp3) is 0.733. The number of rotatable bonds is 5. The molecule has 3 heteroatoms. The van der Waals surface area contributed by atoms with Crippen molar-refractivity contribution >= 4 is 11.3 Å². The highest BCUT2D eigenvalue weighted by atomic mass is 32.1. The van der Waals surface area contributed by atoms with E-state index in [1.54, 1.807) is 4.88 Å². The van der Waals surface area contributed by atoms with Gasteiger partial charge in [0.05, 0.1) is 0 Å². The fourth-order valence-electron chi connectivity index (χ4n) is 2.63. The minimum absolute atomic E-state index is 0.611. The molecule has 0 bridgehead atoms. The van der Waals surface area contributed by atoms with E-state index in [4.69, 9.17) is 0 Å². The van der Waals surface area contributed by atoms with E-state index < -0.39 is 0 Å². The van der Waals surface area contributed by atoms with Crippen molar-refractivity contribution in [1.29, 1.82) is 0 Å². The maximum absolute atomic E-state index is 3.58. The molecule has 1 saturated heterocycles. The van der Waals surface area contributed by atoms with Gasteiger partial charge in [-0.2, -0.15) is 0 Å². The second-order valence-corrected chi connectivity index (χ2v) is 6.83. The average molecular weight is 266 g/mol. The molecule has 18 heavy (non-hydrogen) atoms. The van der Waals surface area contributed by atoms with Crippen LogP contribution in [0.25, 0.3) is 0 Å². The van der Waals surface area contributed by atoms with Gasteiger partial charge < -0.3 is 5.32 Å². The molecule has 1 unspecified atom stereocenters. The lowest BCUT2D eigenvalue weighted by molar-refractivity contribution is 0.165. The van der Waals surface area contributed by atoms with E-state index >= 15 is 0 Å². The predicted octanol–water partition coefficient (Wildman–Crippen LogP) is 3.27. The molecule has 1 aromatic rings. The molecule has 0 aliphatic carbocycles. The van der Waals surface area contributed by atoms with E-state index in [2.05, 4.69) is 42.4 Å². The van der Waals surface area contributed by atoms with Crippen molar-refractivity contribution in [3.05, 3.63) is 21.9 Å². The molecule has 1 fully saturated rings. The van der Waals surface area contributed by atoms with Crippen molar-refractivity contribution < 1.29 is 0 Å². The number of hydrogen-bond acceptors (Lipinski definition) is 3. The first kappa shape index (κ1) is 14.0. The van der Waals surface area contributed by atoms with Crippen LogP contribution in [0.1, 0.15) is 37.1 Å². The third-order valence-electron chi connectivity index (χ3n) is 3.75. The van der Waals surface area contributed by atoms with Crippen LogP contribution >= 0.6 is 11.3 Å². The Bertz CT molecular complexity index is 359. The number of aryl methyl sites for hydroxylation is 1. The second kappa shape index (κ2) is 6.69. The van der Waals surface area contributed by atoms with E-state index in [-0.39, 0.29) is 0 Å². The van der Waals surface area contributed by atoms with Crippen LogP contribution in [0.3, 0.4) is 0 Å². The van der Waals surface area contributed by atoms with Crippen LogP contribution in [0.15, 0.2) is 11.4 Å². The maximum Gasteiger partial charge on any atom is 0.0330 e. The van der Waals surface area contributed by atoms with Crippen LogP contribution in [0.2, 0.25) is 0 Å². The third-order valence-corrected chi connectivity index (χ3v) is 4.76. The van der Waals surface area contributed by atoms with Gasteiger partial charge in [-0.1, -0.05) is 13.8 Å². The van der Waals surface area contributed by atoms with E-state index in [1.165, 1.54) is 38.0 Å². The monoisotopic (exact) mass is 266 g/mol. The van der Waals surface area contributed by atoms with Crippen molar-refractivity contribution in [1.82, 2.24) is 10.2 Å². The Morgan fingerprint density at radius 3 is 3.00 bits per heavy atom. The molecule has 1 aliphatic heterocycles. The Morgan fingerprint density at radius 1 is 1.50 bits per heavy atom. The topological polar surface area (TPSA) is 15.3 Å². The molecule has 1 N–H and O–H groups in total. The van der Waals surface area contributed by atoms with E-state index in [0.29, 0.717) is 6.04 Å². The van der Waals surface area contributed by atoms with Gasteiger partial charge in [-0.15, -0.1) is 11.3 Å². The van der Waals surface area contributed by atoms with Gasteiger partial charge >= 0.3 is 0 Å². The second-order valence-electron chi connectivity index (χ2n) is 5.83. The van der Waals surface area contributed by atoms with Gasteiger partial charge in [0, 0.05) is 24.0 Å². The zero-order chi connectivity index (χ0) is 13.0. The lowest BCUT2D eigenvalue weighted by Gasteiger charge is -2.33. The quantitative estimate of drug-likeness (QED) is 0.880. The van der Waals surface area contributed by atoms with Gasteiger partial charge in [0.2, 0.25) is 0 Å². The molecule has 2 heterocycles. The van der Waals surface area contributed by atoms with Gasteiger partial charge in [-0.3, -0.25) is 4.90 Å². The summed E-state index contributed by atoms with van der Waals surface area (Å²) < 4.78 is 0. The normalized spacial score (nSPS) is 21.7. The maximum atomic E-state index is 3.58. The molecule has 0 radical (unpaired) electrons. The zero-order valence-electron chi connectivity index (χ0n) is 11.9. The Kier molecular flexibility index (Phi) is 5.22. The first-order chi connectivity index (χ1) is 8.65. The third kappa shape index (κ3) is 4.08. The lowest BCUT2D eigenvalue weighted by Crippen LogP contribution is -2.40. The highest BCUT2D eigenvalue weighted by Gasteiger charge is 2.20. The first-order valence-corrected chi connectivity index (χ1v) is 8.02. The van der Waals surface area contributed by atoms with Gasteiger partial charge in [0.15, 0.2) is 0 Å². The number of likely N-dealkylation sites (tertiary alicyclic amines) is 1. The lowest BCUT2D eigenvalue weighted by atomic mass is 9.97. The van der Waals surface area contributed by atoms with Crippen LogP contribution in [-0.2, 0) is 6.54 Å². The minimum atomic E-state index is 0.611. The van der Waals surface area contributed by atoms with Crippen LogP contribution < -0.4 is 5.32 Å². The summed E-state index contributed by atoms with van der Waals surface area (Å²) in [6, 6.07) is 2.85. The van der Waals surface area contributed by atoms with Crippen LogP contribution in [0, 0.1) is 12.8 Å². The van der Waals surface area contributed by atoms with Gasteiger partial charge in [-0.25, -0.2) is 0 Å². The van der Waals surface area contributed by atoms with E-state index in [9.17, 15) is 0 Å². The highest BCUT2D eigenvalue weighted by Crippen LogP contribution is 2.22. The fourth-order valence-corrected chi connectivity index (χ4v) is 3.58. The zero-order valence-corrected chi connectivity index (χ0v) is 12.7. The summed E-state index contributed by atoms with van der Waals surface area (Å²) in [6.07, 6.45) is 2.74. The van der Waals surface area contributed by atoms with Crippen LogP contribution in [0.5, 0.6) is 0 Å². The summed E-state index contributed by atoms with van der Waals surface area (Å²) >= 11 is 1.91. The average Bonchev–Trinajstić information content (AvgIpc) is 2.73. The number of thiophene rings is 1. The van der Waals surface area contributed by atoms with Crippen molar-refractivity contribution in [2.75, 3.05) is 19.6 Å². The SMILES string of the molecule is Cc1ccsc1CN1CCCC(CNC(C)C)C1. The Morgan fingerprint density at radius 2 is 2.33 bits per heavy atom. The summed E-state index contributed by atoms with van der Waals surface area (Å²) in [5, 5.41) is 5.80. The Hall–Kier alpha value is -0.380. The van der Waals surface area contributed by atoms with Crippen molar-refractivity contribution in [3.8, 4) is 0 Å². The molecule has 0 amide bonds. The number of nitrogens with zero attached hydrogens (tertiary/aromatic N) is 1. The van der Waals surface area contributed by atoms with Crippen LogP contribution in [0.4, 0.5) is 0 Å². The first-order valence-electron chi connectivity index (χ1n) is 7.14. The van der Waals surface area contributed by atoms with Gasteiger partial charge in [0.25, 0.3) is 0 Å². The Balaban J connectivity index is 1.81. The predicted molar refractivity (Wildman–Crippen MR) is 80.2 cm³/mol. The summed E-state index contributed by atoms with van der Waals surface area (Å²) in [5.41, 5.74) is 1.46. The summed E-state index contributed by atoms with van der Waals surface area (Å²) in [5.74, 6) is 0.835. The number of nitrogens with one attached hydrogen (secondary N) is 1. The molecular weight excluding hydrogens is 240 g/mol. The van der Waals surface area contributed by atoms with Gasteiger partial charge in [0.1, 0.15) is 0 Å².